The molecule has 1 aromatic heterocycles. The molecule has 0 radical (unpaired) electrons. The van der Waals surface area contributed by atoms with Gasteiger partial charge in [-0.2, -0.15) is 0 Å². The first kappa shape index (κ1) is 19.0. The number of aryl methyl sites for hydroxylation is 1. The Balaban J connectivity index is 1.31. The second-order valence-corrected chi connectivity index (χ2v) is 8.16. The highest BCUT2D eigenvalue weighted by Gasteiger charge is 2.30. The lowest BCUT2D eigenvalue weighted by Crippen LogP contribution is -2.82. The zero-order chi connectivity index (χ0) is 19.5. The van der Waals surface area contributed by atoms with Crippen LogP contribution in [0.25, 0.3) is 11.5 Å². The molecule has 1 fully saturated rings. The molecule has 0 saturated carbocycles. The molecule has 0 bridgehead atoms. The summed E-state index contributed by atoms with van der Waals surface area (Å²) in [6.45, 7) is 2.98. The number of quaternary nitrogens is 1. The van der Waals surface area contributed by atoms with Crippen molar-refractivity contribution in [2.75, 3.05) is 31.3 Å². The summed E-state index contributed by atoms with van der Waals surface area (Å²) in [6.07, 6.45) is 0.200. The zero-order valence-electron chi connectivity index (χ0n) is 16.3. The lowest BCUT2D eigenvalue weighted by molar-refractivity contribution is -0.697. The molecule has 7 heteroatoms. The van der Waals surface area contributed by atoms with Crippen molar-refractivity contribution in [3.63, 3.8) is 0 Å². The molecule has 1 saturated heterocycles. The summed E-state index contributed by atoms with van der Waals surface area (Å²) in [4.78, 5) is 2.09. The molecular formula is C21H25N4O2S+. The molecule has 0 amide bonds. The highest BCUT2D eigenvalue weighted by atomic mass is 32.2. The molecule has 2 heterocycles. The molecular weight excluding hydrogens is 372 g/mol. The second-order valence-electron chi connectivity index (χ2n) is 7.19. The molecule has 28 heavy (non-hydrogen) atoms. The van der Waals surface area contributed by atoms with Gasteiger partial charge in [-0.3, -0.25) is 0 Å². The van der Waals surface area contributed by atoms with Crippen LogP contribution in [0.1, 0.15) is 17.4 Å². The summed E-state index contributed by atoms with van der Waals surface area (Å²) in [6, 6.07) is 16.6. The molecule has 0 unspecified atom stereocenters. The Kier molecular flexibility index (Phi) is 5.66. The highest BCUT2D eigenvalue weighted by Crippen LogP contribution is 2.26. The van der Waals surface area contributed by atoms with Crippen LogP contribution in [-0.4, -0.2) is 42.7 Å². The van der Waals surface area contributed by atoms with Gasteiger partial charge in [-0.1, -0.05) is 29.5 Å². The van der Waals surface area contributed by atoms with Crippen molar-refractivity contribution in [1.82, 2.24) is 10.2 Å². The van der Waals surface area contributed by atoms with Gasteiger partial charge in [-0.05, 0) is 43.3 Å². The molecule has 2 N–H and O–H groups in total. The normalized spacial score (nSPS) is 19.1. The molecule has 0 aliphatic carbocycles. The van der Waals surface area contributed by atoms with Gasteiger partial charge in [0.05, 0.1) is 0 Å². The van der Waals surface area contributed by atoms with Gasteiger partial charge in [0.1, 0.15) is 12.6 Å². The smallest absolute Gasteiger partial charge is 0.276 e. The first-order valence-corrected chi connectivity index (χ1v) is 10.4. The van der Waals surface area contributed by atoms with Crippen LogP contribution in [0.15, 0.2) is 58.2 Å². The Morgan fingerprint density at radius 1 is 1.07 bits per heavy atom. The Hall–Kier alpha value is -2.35. The van der Waals surface area contributed by atoms with Gasteiger partial charge in [-0.25, -0.2) is 0 Å². The van der Waals surface area contributed by atoms with Crippen molar-refractivity contribution >= 4 is 17.4 Å². The number of hydrogen-bond donors (Lipinski definition) is 1. The average Bonchev–Trinajstić information content (AvgIpc) is 3.37. The number of rotatable bonds is 6. The topological polar surface area (TPSA) is 68.0 Å². The SMILES string of the molecule is Cc1ccc(-c2nnc(SC[C@H]3C[NH2+][C@@H](c4ccc(N(C)C)cc4)O3)o2)cc1. The van der Waals surface area contributed by atoms with E-state index in [1.165, 1.54) is 16.8 Å². The van der Waals surface area contributed by atoms with E-state index in [0.29, 0.717) is 11.1 Å². The molecule has 1 aliphatic heterocycles. The summed E-state index contributed by atoms with van der Waals surface area (Å²) in [5, 5.41) is 11.1. The largest absolute Gasteiger partial charge is 0.411 e. The number of hydrogen-bond acceptors (Lipinski definition) is 6. The van der Waals surface area contributed by atoms with E-state index in [4.69, 9.17) is 9.15 Å². The van der Waals surface area contributed by atoms with E-state index >= 15 is 0 Å². The van der Waals surface area contributed by atoms with Crippen molar-refractivity contribution in [1.29, 1.82) is 0 Å². The molecule has 1 aliphatic rings. The lowest BCUT2D eigenvalue weighted by atomic mass is 10.1. The third kappa shape index (κ3) is 4.38. The minimum absolute atomic E-state index is 0.0487. The third-order valence-corrected chi connectivity index (χ3v) is 5.74. The third-order valence-electron chi connectivity index (χ3n) is 4.79. The van der Waals surface area contributed by atoms with Gasteiger partial charge in [0, 0.05) is 36.7 Å². The number of nitrogens with two attached hydrogens (primary N) is 1. The van der Waals surface area contributed by atoms with Crippen LogP contribution in [0, 0.1) is 6.92 Å². The van der Waals surface area contributed by atoms with Crippen molar-refractivity contribution < 1.29 is 14.5 Å². The molecule has 0 spiro atoms. The number of ether oxygens (including phenoxy) is 1. The summed E-state index contributed by atoms with van der Waals surface area (Å²) in [5.41, 5.74) is 4.53. The first-order chi connectivity index (χ1) is 13.6. The Morgan fingerprint density at radius 3 is 2.54 bits per heavy atom. The summed E-state index contributed by atoms with van der Waals surface area (Å²) in [7, 11) is 4.09. The molecule has 2 atom stereocenters. The number of thioether (sulfide) groups is 1. The predicted octanol–water partition coefficient (Wildman–Crippen LogP) is 2.86. The lowest BCUT2D eigenvalue weighted by Gasteiger charge is -2.14. The van der Waals surface area contributed by atoms with Crippen LogP contribution in [0.3, 0.4) is 0 Å². The first-order valence-electron chi connectivity index (χ1n) is 9.38. The quantitative estimate of drug-likeness (QED) is 0.645. The van der Waals surface area contributed by atoms with Crippen molar-refractivity contribution in [3.8, 4) is 11.5 Å². The Labute approximate surface area is 169 Å². The molecule has 6 nitrogen and oxygen atoms in total. The van der Waals surface area contributed by atoms with E-state index in [9.17, 15) is 0 Å². The van der Waals surface area contributed by atoms with Crippen molar-refractivity contribution in [3.05, 3.63) is 59.7 Å². The highest BCUT2D eigenvalue weighted by molar-refractivity contribution is 7.99. The fourth-order valence-electron chi connectivity index (χ4n) is 3.12. The van der Waals surface area contributed by atoms with E-state index in [-0.39, 0.29) is 12.3 Å². The predicted molar refractivity (Wildman–Crippen MR) is 110 cm³/mol. The Bertz CT molecular complexity index is 909. The number of benzene rings is 2. The van der Waals surface area contributed by atoms with Crippen LogP contribution in [0.2, 0.25) is 0 Å². The van der Waals surface area contributed by atoms with Crippen LogP contribution in [0.5, 0.6) is 0 Å². The number of anilines is 1. The zero-order valence-corrected chi connectivity index (χ0v) is 17.1. The van der Waals surface area contributed by atoms with Gasteiger partial charge in [0.2, 0.25) is 12.1 Å². The van der Waals surface area contributed by atoms with Crippen LogP contribution < -0.4 is 10.2 Å². The summed E-state index contributed by atoms with van der Waals surface area (Å²) >= 11 is 1.55. The Morgan fingerprint density at radius 2 is 1.82 bits per heavy atom. The van der Waals surface area contributed by atoms with Gasteiger partial charge < -0.3 is 19.4 Å². The van der Waals surface area contributed by atoms with E-state index in [0.717, 1.165) is 17.9 Å². The fraction of sp³-hybridized carbons (Fsp3) is 0.333. The van der Waals surface area contributed by atoms with E-state index < -0.39 is 0 Å². The molecule has 2 aromatic carbocycles. The van der Waals surface area contributed by atoms with Gasteiger partial charge in [-0.15, -0.1) is 10.2 Å². The van der Waals surface area contributed by atoms with Gasteiger partial charge >= 0.3 is 0 Å². The maximum atomic E-state index is 6.19. The summed E-state index contributed by atoms with van der Waals surface area (Å²) in [5.74, 6) is 1.35. The number of nitrogens with zero attached hydrogens (tertiary/aromatic N) is 3. The minimum atomic E-state index is 0.0487. The second kappa shape index (κ2) is 8.34. The van der Waals surface area contributed by atoms with Gasteiger partial charge in [0.25, 0.3) is 5.22 Å². The van der Waals surface area contributed by atoms with Crippen molar-refractivity contribution in [2.24, 2.45) is 0 Å². The fourth-order valence-corrected chi connectivity index (χ4v) is 3.90. The standard InChI is InChI=1S/C21H24N4O2S/c1-14-4-6-16(7-5-14)20-23-24-21(27-20)28-13-18-12-22-19(26-18)15-8-10-17(11-9-15)25(2)3/h4-11,18-19,22H,12-13H2,1-3H3/p+1/t18-,19-/m1/s1. The minimum Gasteiger partial charge on any atom is -0.411 e. The summed E-state index contributed by atoms with van der Waals surface area (Å²) < 4.78 is 12.0. The van der Waals surface area contributed by atoms with E-state index in [1.54, 1.807) is 11.8 Å². The monoisotopic (exact) mass is 397 g/mol. The molecule has 146 valence electrons. The van der Waals surface area contributed by atoms with Crippen LogP contribution in [0.4, 0.5) is 5.69 Å². The maximum Gasteiger partial charge on any atom is 0.276 e. The number of aromatic nitrogens is 2. The van der Waals surface area contributed by atoms with E-state index in [1.807, 2.05) is 38.4 Å². The molecule has 3 aromatic rings. The average molecular weight is 398 g/mol. The van der Waals surface area contributed by atoms with Crippen LogP contribution >= 0.6 is 11.8 Å². The van der Waals surface area contributed by atoms with Crippen molar-refractivity contribution in [2.45, 2.75) is 24.5 Å². The molecule has 4 rings (SSSR count). The van der Waals surface area contributed by atoms with E-state index in [2.05, 4.69) is 51.6 Å². The van der Waals surface area contributed by atoms with Gasteiger partial charge in [0.15, 0.2) is 0 Å². The van der Waals surface area contributed by atoms with Crippen LogP contribution in [-0.2, 0) is 4.74 Å². The maximum absolute atomic E-state index is 6.19.